The number of amides is 1. The SMILES string of the molecule is C[NH+](CC(=O)NCc1ccc2c(c1)OCO2)Cc1ccc(C(F)(F)F)cc1. The van der Waals surface area contributed by atoms with Crippen molar-refractivity contribution in [1.29, 1.82) is 0 Å². The minimum atomic E-state index is -4.34. The van der Waals surface area contributed by atoms with E-state index in [2.05, 4.69) is 5.32 Å². The van der Waals surface area contributed by atoms with Crippen LogP contribution in [0.15, 0.2) is 42.5 Å². The van der Waals surface area contributed by atoms with Gasteiger partial charge in [-0.25, -0.2) is 0 Å². The molecule has 3 rings (SSSR count). The number of nitrogens with one attached hydrogen (secondary N) is 2. The Kier molecular flexibility index (Phi) is 5.55. The van der Waals surface area contributed by atoms with Crippen molar-refractivity contribution in [3.05, 3.63) is 59.2 Å². The smallest absolute Gasteiger partial charge is 0.416 e. The second-order valence-corrected chi connectivity index (χ2v) is 6.47. The zero-order valence-corrected chi connectivity index (χ0v) is 14.7. The second kappa shape index (κ2) is 7.87. The zero-order chi connectivity index (χ0) is 19.4. The molecule has 0 aromatic heterocycles. The number of alkyl halides is 3. The molecule has 0 saturated heterocycles. The Balaban J connectivity index is 1.46. The molecule has 2 N–H and O–H groups in total. The van der Waals surface area contributed by atoms with Crippen molar-refractivity contribution < 1.29 is 32.3 Å². The Morgan fingerprint density at radius 1 is 1.07 bits per heavy atom. The molecule has 144 valence electrons. The van der Waals surface area contributed by atoms with Crippen LogP contribution in [0, 0.1) is 0 Å². The van der Waals surface area contributed by atoms with Crippen LogP contribution < -0.4 is 19.7 Å². The van der Waals surface area contributed by atoms with Gasteiger partial charge in [0.2, 0.25) is 6.79 Å². The molecule has 8 heteroatoms. The minimum absolute atomic E-state index is 0.142. The topological polar surface area (TPSA) is 52.0 Å². The molecule has 1 atom stereocenters. The molecule has 1 unspecified atom stereocenters. The van der Waals surface area contributed by atoms with Gasteiger partial charge < -0.3 is 19.7 Å². The molecule has 5 nitrogen and oxygen atoms in total. The van der Waals surface area contributed by atoms with Gasteiger partial charge in [0, 0.05) is 12.1 Å². The molecular weight excluding hydrogens is 361 g/mol. The van der Waals surface area contributed by atoms with Gasteiger partial charge in [-0.3, -0.25) is 4.79 Å². The number of hydrogen-bond donors (Lipinski definition) is 2. The summed E-state index contributed by atoms with van der Waals surface area (Å²) in [7, 11) is 1.82. The number of ether oxygens (including phenoxy) is 2. The van der Waals surface area contributed by atoms with Crippen molar-refractivity contribution in [1.82, 2.24) is 5.32 Å². The summed E-state index contributed by atoms with van der Waals surface area (Å²) < 4.78 is 48.3. The number of rotatable bonds is 6. The van der Waals surface area contributed by atoms with Crippen LogP contribution in [0.2, 0.25) is 0 Å². The van der Waals surface area contributed by atoms with E-state index >= 15 is 0 Å². The van der Waals surface area contributed by atoms with Gasteiger partial charge in [-0.15, -0.1) is 0 Å². The van der Waals surface area contributed by atoms with Gasteiger partial charge in [0.1, 0.15) is 6.54 Å². The predicted molar refractivity (Wildman–Crippen MR) is 91.3 cm³/mol. The summed E-state index contributed by atoms with van der Waals surface area (Å²) >= 11 is 0. The number of benzene rings is 2. The summed E-state index contributed by atoms with van der Waals surface area (Å²) in [6, 6.07) is 10.5. The van der Waals surface area contributed by atoms with Crippen LogP contribution in [0.25, 0.3) is 0 Å². The largest absolute Gasteiger partial charge is 0.454 e. The third-order valence-corrected chi connectivity index (χ3v) is 4.18. The van der Waals surface area contributed by atoms with Crippen LogP contribution in [0.4, 0.5) is 13.2 Å². The lowest BCUT2D eigenvalue weighted by atomic mass is 10.1. The number of likely N-dealkylation sites (N-methyl/N-ethyl adjacent to an activating group) is 1. The number of halogens is 3. The maximum Gasteiger partial charge on any atom is 0.416 e. The fraction of sp³-hybridized carbons (Fsp3) is 0.316. The standard InChI is InChI=1S/C19H19F3N2O3/c1-24(10-13-2-5-15(6-3-13)19(20,21)22)11-18(25)23-9-14-4-7-16-17(8-14)27-12-26-16/h2-8H,9-12H2,1H3,(H,23,25)/p+1. The van der Waals surface area contributed by atoms with Crippen molar-refractivity contribution in [2.75, 3.05) is 20.4 Å². The summed E-state index contributed by atoms with van der Waals surface area (Å²) in [6.07, 6.45) is -4.34. The van der Waals surface area contributed by atoms with E-state index < -0.39 is 11.7 Å². The molecule has 2 aromatic rings. The average Bonchev–Trinajstić information content (AvgIpc) is 3.07. The first kappa shape index (κ1) is 19.0. The quantitative estimate of drug-likeness (QED) is 0.802. The van der Waals surface area contributed by atoms with E-state index in [-0.39, 0.29) is 19.2 Å². The molecule has 2 aromatic carbocycles. The lowest BCUT2D eigenvalue weighted by Gasteiger charge is -2.14. The normalized spacial score (nSPS) is 14.1. The fourth-order valence-corrected chi connectivity index (χ4v) is 2.81. The number of carbonyl (C=O) groups is 1. The number of quaternary nitrogens is 1. The third kappa shape index (κ3) is 5.13. The molecule has 0 radical (unpaired) electrons. The van der Waals surface area contributed by atoms with Gasteiger partial charge >= 0.3 is 6.18 Å². The minimum Gasteiger partial charge on any atom is -0.454 e. The lowest BCUT2D eigenvalue weighted by molar-refractivity contribution is -0.885. The monoisotopic (exact) mass is 381 g/mol. The fourth-order valence-electron chi connectivity index (χ4n) is 2.81. The van der Waals surface area contributed by atoms with Gasteiger partial charge in [0.15, 0.2) is 18.0 Å². The van der Waals surface area contributed by atoms with Gasteiger partial charge in [0.05, 0.1) is 12.6 Å². The van der Waals surface area contributed by atoms with Crippen LogP contribution in [0.5, 0.6) is 11.5 Å². The molecular formula is C19H20F3N2O3+. The first-order valence-corrected chi connectivity index (χ1v) is 8.44. The van der Waals surface area contributed by atoms with Crippen LogP contribution in [0.3, 0.4) is 0 Å². The van der Waals surface area contributed by atoms with Crippen molar-refractivity contribution in [3.8, 4) is 11.5 Å². The van der Waals surface area contributed by atoms with Gasteiger partial charge in [-0.2, -0.15) is 13.2 Å². The van der Waals surface area contributed by atoms with E-state index in [1.54, 1.807) is 6.07 Å². The molecule has 1 amide bonds. The highest BCUT2D eigenvalue weighted by Gasteiger charge is 2.30. The second-order valence-electron chi connectivity index (χ2n) is 6.47. The highest BCUT2D eigenvalue weighted by Crippen LogP contribution is 2.32. The van der Waals surface area contributed by atoms with E-state index in [0.29, 0.717) is 24.6 Å². The van der Waals surface area contributed by atoms with Crippen molar-refractivity contribution in [3.63, 3.8) is 0 Å². The van der Waals surface area contributed by atoms with Crippen LogP contribution in [0.1, 0.15) is 16.7 Å². The maximum atomic E-state index is 12.6. The van der Waals surface area contributed by atoms with Crippen LogP contribution in [-0.4, -0.2) is 26.3 Å². The lowest BCUT2D eigenvalue weighted by Crippen LogP contribution is -3.08. The van der Waals surface area contributed by atoms with E-state index in [1.165, 1.54) is 12.1 Å². The van der Waals surface area contributed by atoms with Crippen molar-refractivity contribution >= 4 is 5.91 Å². The summed E-state index contributed by atoms with van der Waals surface area (Å²) in [6.45, 7) is 1.23. The molecule has 0 saturated carbocycles. The maximum absolute atomic E-state index is 12.6. The Morgan fingerprint density at radius 3 is 2.44 bits per heavy atom. The Bertz CT molecular complexity index is 807. The highest BCUT2D eigenvalue weighted by molar-refractivity contribution is 5.76. The Morgan fingerprint density at radius 2 is 1.74 bits per heavy atom. The molecule has 1 aliphatic rings. The predicted octanol–water partition coefficient (Wildman–Crippen LogP) is 1.77. The molecule has 1 heterocycles. The van der Waals surface area contributed by atoms with Gasteiger partial charge in [-0.05, 0) is 29.8 Å². The Labute approximate surface area is 154 Å². The van der Waals surface area contributed by atoms with Gasteiger partial charge in [0.25, 0.3) is 5.91 Å². The Hall–Kier alpha value is -2.74. The summed E-state index contributed by atoms with van der Waals surface area (Å²) in [4.78, 5) is 13.0. The van der Waals surface area contributed by atoms with E-state index in [0.717, 1.165) is 28.2 Å². The molecule has 27 heavy (non-hydrogen) atoms. The third-order valence-electron chi connectivity index (χ3n) is 4.18. The zero-order valence-electron chi connectivity index (χ0n) is 14.7. The molecule has 0 fully saturated rings. The molecule has 1 aliphatic heterocycles. The van der Waals surface area contributed by atoms with Gasteiger partial charge in [-0.1, -0.05) is 18.2 Å². The van der Waals surface area contributed by atoms with Crippen molar-refractivity contribution in [2.45, 2.75) is 19.3 Å². The van der Waals surface area contributed by atoms with Crippen molar-refractivity contribution in [2.24, 2.45) is 0 Å². The summed E-state index contributed by atoms with van der Waals surface area (Å²) in [5.41, 5.74) is 0.961. The van der Waals surface area contributed by atoms with E-state index in [1.807, 2.05) is 19.2 Å². The molecule has 0 bridgehead atoms. The highest BCUT2D eigenvalue weighted by atomic mass is 19.4. The number of fused-ring (bicyclic) bond motifs is 1. The molecule has 0 spiro atoms. The van der Waals surface area contributed by atoms with E-state index in [4.69, 9.17) is 9.47 Å². The van der Waals surface area contributed by atoms with Crippen LogP contribution >= 0.6 is 0 Å². The average molecular weight is 381 g/mol. The van der Waals surface area contributed by atoms with E-state index in [9.17, 15) is 18.0 Å². The number of hydrogen-bond acceptors (Lipinski definition) is 3. The summed E-state index contributed by atoms with van der Waals surface area (Å²) in [5.74, 6) is 1.20. The first-order valence-electron chi connectivity index (χ1n) is 8.44. The van der Waals surface area contributed by atoms with Crippen LogP contribution in [-0.2, 0) is 24.1 Å². The first-order chi connectivity index (χ1) is 12.8. The summed E-state index contributed by atoms with van der Waals surface area (Å²) in [5, 5.41) is 2.83. The molecule has 0 aliphatic carbocycles. The number of carbonyl (C=O) groups excluding carboxylic acids is 1.